The predicted molar refractivity (Wildman–Crippen MR) is 89.3 cm³/mol. The first-order valence-corrected chi connectivity index (χ1v) is 8.20. The number of carbonyl (C=O) groups excluding carboxylic acids is 1. The van der Waals surface area contributed by atoms with Crippen LogP contribution in [0.3, 0.4) is 0 Å². The molecule has 0 spiro atoms. The van der Waals surface area contributed by atoms with E-state index in [1.54, 1.807) is 37.2 Å². The minimum atomic E-state index is -0.647. The van der Waals surface area contributed by atoms with Gasteiger partial charge in [-0.2, -0.15) is 0 Å². The standard InChI is InChI=1S/C16H22Cl2N2O2/c1-19(2)16(22)11-5-7-20(8-6-11)10-15(21)13-4-3-12(17)9-14(13)18/h3-4,9,11,15,21H,5-8,10H2,1-2H3. The Hall–Kier alpha value is -0.810. The monoisotopic (exact) mass is 344 g/mol. The number of β-amino-alcohol motifs (C(OH)–C–C–N with tert-alkyl or cyclic N) is 1. The van der Waals surface area contributed by atoms with E-state index >= 15 is 0 Å². The zero-order valence-corrected chi connectivity index (χ0v) is 14.4. The molecule has 0 radical (unpaired) electrons. The molecule has 1 saturated heterocycles. The maximum absolute atomic E-state index is 12.0. The summed E-state index contributed by atoms with van der Waals surface area (Å²) in [5.41, 5.74) is 0.692. The molecule has 4 nitrogen and oxygen atoms in total. The smallest absolute Gasteiger partial charge is 0.225 e. The molecule has 6 heteroatoms. The largest absolute Gasteiger partial charge is 0.387 e. The molecule has 22 heavy (non-hydrogen) atoms. The maximum atomic E-state index is 12.0. The number of piperidine rings is 1. The van der Waals surface area contributed by atoms with Gasteiger partial charge in [0, 0.05) is 42.2 Å². The van der Waals surface area contributed by atoms with Crippen LogP contribution in [0.25, 0.3) is 0 Å². The van der Waals surface area contributed by atoms with Gasteiger partial charge in [-0.3, -0.25) is 4.79 Å². The molecule has 122 valence electrons. The third kappa shape index (κ3) is 4.35. The van der Waals surface area contributed by atoms with Gasteiger partial charge in [-0.15, -0.1) is 0 Å². The van der Waals surface area contributed by atoms with Crippen molar-refractivity contribution in [1.29, 1.82) is 0 Å². The van der Waals surface area contributed by atoms with Crippen LogP contribution < -0.4 is 0 Å². The molecule has 0 aliphatic carbocycles. The Morgan fingerprint density at radius 3 is 2.55 bits per heavy atom. The number of halogens is 2. The summed E-state index contributed by atoms with van der Waals surface area (Å²) in [4.78, 5) is 15.8. The van der Waals surface area contributed by atoms with Crippen LogP contribution >= 0.6 is 23.2 Å². The summed E-state index contributed by atoms with van der Waals surface area (Å²) >= 11 is 12.0. The Labute approximate surface area is 141 Å². The number of rotatable bonds is 4. The Balaban J connectivity index is 1.89. The molecular weight excluding hydrogens is 323 g/mol. The van der Waals surface area contributed by atoms with E-state index in [1.165, 1.54) is 0 Å². The SMILES string of the molecule is CN(C)C(=O)C1CCN(CC(O)c2ccc(Cl)cc2Cl)CC1. The molecule has 1 unspecified atom stereocenters. The molecule has 1 atom stereocenters. The minimum absolute atomic E-state index is 0.0995. The average molecular weight is 345 g/mol. The van der Waals surface area contributed by atoms with E-state index in [0.29, 0.717) is 22.2 Å². The number of aliphatic hydroxyl groups is 1. The van der Waals surface area contributed by atoms with Gasteiger partial charge in [0.25, 0.3) is 0 Å². The Kier molecular flexibility index (Phi) is 6.09. The van der Waals surface area contributed by atoms with Crippen molar-refractivity contribution in [2.24, 2.45) is 5.92 Å². The lowest BCUT2D eigenvalue weighted by Crippen LogP contribution is -2.41. The second kappa shape index (κ2) is 7.64. The summed E-state index contributed by atoms with van der Waals surface area (Å²) in [6, 6.07) is 5.13. The summed E-state index contributed by atoms with van der Waals surface area (Å²) < 4.78 is 0. The summed E-state index contributed by atoms with van der Waals surface area (Å²) in [6.07, 6.45) is 1.02. The van der Waals surface area contributed by atoms with Gasteiger partial charge in [0.05, 0.1) is 6.10 Å². The van der Waals surface area contributed by atoms with Crippen molar-refractivity contribution < 1.29 is 9.90 Å². The van der Waals surface area contributed by atoms with Crippen LogP contribution in [0, 0.1) is 5.92 Å². The first-order valence-electron chi connectivity index (χ1n) is 7.45. The van der Waals surface area contributed by atoms with Crippen LogP contribution in [-0.2, 0) is 4.79 Å². The van der Waals surface area contributed by atoms with Gasteiger partial charge in [0.1, 0.15) is 0 Å². The summed E-state index contributed by atoms with van der Waals surface area (Å²) in [7, 11) is 3.59. The third-order valence-corrected chi connectivity index (χ3v) is 4.69. The van der Waals surface area contributed by atoms with E-state index in [4.69, 9.17) is 23.2 Å². The highest BCUT2D eigenvalue weighted by molar-refractivity contribution is 6.35. The van der Waals surface area contributed by atoms with Crippen LogP contribution in [0.5, 0.6) is 0 Å². The molecule has 0 aromatic heterocycles. The topological polar surface area (TPSA) is 43.8 Å². The van der Waals surface area contributed by atoms with Crippen LogP contribution in [0.15, 0.2) is 18.2 Å². The lowest BCUT2D eigenvalue weighted by atomic mass is 9.95. The molecule has 1 amide bonds. The molecule has 0 bridgehead atoms. The molecule has 1 fully saturated rings. The fourth-order valence-corrected chi connectivity index (χ4v) is 3.38. The minimum Gasteiger partial charge on any atom is -0.387 e. The van der Waals surface area contributed by atoms with E-state index in [2.05, 4.69) is 4.90 Å². The normalized spacial score (nSPS) is 18.2. The fourth-order valence-electron chi connectivity index (χ4n) is 2.84. The number of amides is 1. The molecule has 1 aliphatic rings. The van der Waals surface area contributed by atoms with Gasteiger partial charge >= 0.3 is 0 Å². The molecular formula is C16H22Cl2N2O2. The predicted octanol–water partition coefficient (Wildman–Crippen LogP) is 2.83. The summed E-state index contributed by atoms with van der Waals surface area (Å²) in [6.45, 7) is 2.14. The van der Waals surface area contributed by atoms with Crippen LogP contribution in [-0.4, -0.2) is 54.5 Å². The first-order chi connectivity index (χ1) is 10.4. The molecule has 1 aromatic rings. The van der Waals surface area contributed by atoms with E-state index < -0.39 is 6.10 Å². The lowest BCUT2D eigenvalue weighted by molar-refractivity contribution is -0.134. The summed E-state index contributed by atoms with van der Waals surface area (Å²) in [5.74, 6) is 0.295. The Bertz CT molecular complexity index is 529. The second-order valence-corrected chi connectivity index (χ2v) is 6.83. The van der Waals surface area contributed by atoms with Gasteiger partial charge < -0.3 is 14.9 Å². The fraction of sp³-hybridized carbons (Fsp3) is 0.562. The number of carbonyl (C=O) groups is 1. The van der Waals surface area contributed by atoms with E-state index in [0.717, 1.165) is 25.9 Å². The number of aliphatic hydroxyl groups excluding tert-OH is 1. The highest BCUT2D eigenvalue weighted by atomic mass is 35.5. The van der Waals surface area contributed by atoms with Crippen molar-refractivity contribution in [3.63, 3.8) is 0 Å². The first kappa shape index (κ1) is 17.5. The molecule has 1 aliphatic heterocycles. The van der Waals surface area contributed by atoms with E-state index in [-0.39, 0.29) is 11.8 Å². The van der Waals surface area contributed by atoms with Crippen LogP contribution in [0.2, 0.25) is 10.0 Å². The number of hydrogen-bond acceptors (Lipinski definition) is 3. The molecule has 1 aromatic carbocycles. The Morgan fingerprint density at radius 2 is 2.00 bits per heavy atom. The van der Waals surface area contributed by atoms with Crippen molar-refractivity contribution in [3.8, 4) is 0 Å². The zero-order valence-electron chi connectivity index (χ0n) is 12.9. The van der Waals surface area contributed by atoms with E-state index in [1.807, 2.05) is 0 Å². The highest BCUT2D eigenvalue weighted by Crippen LogP contribution is 2.28. The van der Waals surface area contributed by atoms with Gasteiger partial charge in [0.2, 0.25) is 5.91 Å². The Morgan fingerprint density at radius 1 is 1.36 bits per heavy atom. The highest BCUT2D eigenvalue weighted by Gasteiger charge is 2.27. The second-order valence-electron chi connectivity index (χ2n) is 5.99. The number of nitrogens with zero attached hydrogens (tertiary/aromatic N) is 2. The molecule has 2 rings (SSSR count). The van der Waals surface area contributed by atoms with Crippen molar-refractivity contribution in [3.05, 3.63) is 33.8 Å². The van der Waals surface area contributed by atoms with E-state index in [9.17, 15) is 9.90 Å². The number of hydrogen-bond donors (Lipinski definition) is 1. The van der Waals surface area contributed by atoms with Crippen molar-refractivity contribution in [2.75, 3.05) is 33.7 Å². The average Bonchev–Trinajstić information content (AvgIpc) is 2.47. The molecule has 1 N–H and O–H groups in total. The van der Waals surface area contributed by atoms with Crippen LogP contribution in [0.1, 0.15) is 24.5 Å². The van der Waals surface area contributed by atoms with Gasteiger partial charge in [0.15, 0.2) is 0 Å². The molecule has 1 heterocycles. The van der Waals surface area contributed by atoms with Crippen LogP contribution in [0.4, 0.5) is 0 Å². The van der Waals surface area contributed by atoms with Crippen molar-refractivity contribution in [1.82, 2.24) is 9.80 Å². The quantitative estimate of drug-likeness (QED) is 0.913. The zero-order chi connectivity index (χ0) is 16.3. The third-order valence-electron chi connectivity index (χ3n) is 4.13. The number of benzene rings is 1. The lowest BCUT2D eigenvalue weighted by Gasteiger charge is -2.33. The van der Waals surface area contributed by atoms with Gasteiger partial charge in [-0.05, 0) is 38.1 Å². The molecule has 0 saturated carbocycles. The van der Waals surface area contributed by atoms with Gasteiger partial charge in [-0.1, -0.05) is 29.3 Å². The van der Waals surface area contributed by atoms with Crippen molar-refractivity contribution in [2.45, 2.75) is 18.9 Å². The van der Waals surface area contributed by atoms with Crippen molar-refractivity contribution >= 4 is 29.1 Å². The maximum Gasteiger partial charge on any atom is 0.225 e. The number of likely N-dealkylation sites (tertiary alicyclic amines) is 1. The van der Waals surface area contributed by atoms with Gasteiger partial charge in [-0.25, -0.2) is 0 Å². The summed E-state index contributed by atoms with van der Waals surface area (Å²) in [5, 5.41) is 11.4.